The Morgan fingerprint density at radius 1 is 0.806 bits per heavy atom. The molecule has 186 valence electrons. The molecule has 0 spiro atoms. The number of amides is 2. The van der Waals surface area contributed by atoms with E-state index < -0.39 is 36.0 Å². The second kappa shape index (κ2) is 11.1. The molecule has 7 nitrogen and oxygen atoms in total. The third kappa shape index (κ3) is 5.25. The Labute approximate surface area is 210 Å². The molecule has 0 unspecified atom stereocenters. The largest absolute Gasteiger partial charge is 0.467 e. The van der Waals surface area contributed by atoms with Gasteiger partial charge in [0.15, 0.2) is 0 Å². The van der Waals surface area contributed by atoms with Crippen molar-refractivity contribution in [1.29, 1.82) is 0 Å². The van der Waals surface area contributed by atoms with E-state index >= 15 is 0 Å². The quantitative estimate of drug-likeness (QED) is 0.460. The van der Waals surface area contributed by atoms with Crippen LogP contribution in [-0.2, 0) is 25.7 Å². The number of hydrogen-bond donors (Lipinski definition) is 2. The number of nitrogens with one attached hydrogen (secondary N) is 2. The minimum absolute atomic E-state index is 0.0829. The van der Waals surface area contributed by atoms with Gasteiger partial charge in [0, 0.05) is 5.92 Å². The lowest BCUT2D eigenvalue weighted by atomic mass is 9.88. The van der Waals surface area contributed by atoms with Gasteiger partial charge in [-0.25, -0.2) is 9.59 Å². The molecule has 0 fully saturated rings. The maximum atomic E-state index is 13.4. The molecule has 2 amide bonds. The first-order chi connectivity index (χ1) is 17.4. The summed E-state index contributed by atoms with van der Waals surface area (Å²) in [6.45, 7) is 3.71. The standard InChI is InChI=1S/C29H30N2O5/c1-18(2)25(31-29(34)36-17-19-11-5-4-6-12-19)27(32)30-26(28(33)35-3)24-22-15-9-7-13-20(22)21-14-8-10-16-23(21)24/h4-16,18,24-26H,17H2,1-3H3,(H,30,32)(H,31,34)/t25-,26+/m0/s1. The van der Waals surface area contributed by atoms with Crippen LogP contribution in [0.2, 0.25) is 0 Å². The van der Waals surface area contributed by atoms with Crippen LogP contribution >= 0.6 is 0 Å². The van der Waals surface area contributed by atoms with Crippen molar-refractivity contribution in [3.8, 4) is 11.1 Å². The molecule has 0 aromatic heterocycles. The fourth-order valence-corrected chi connectivity index (χ4v) is 4.63. The zero-order chi connectivity index (χ0) is 25.7. The van der Waals surface area contributed by atoms with Crippen molar-refractivity contribution < 1.29 is 23.9 Å². The second-order valence-electron chi connectivity index (χ2n) is 9.09. The molecule has 3 aromatic carbocycles. The van der Waals surface area contributed by atoms with Gasteiger partial charge in [0.1, 0.15) is 18.7 Å². The van der Waals surface area contributed by atoms with Gasteiger partial charge in [0.05, 0.1) is 7.11 Å². The maximum absolute atomic E-state index is 13.4. The Hall–Kier alpha value is -4.13. The van der Waals surface area contributed by atoms with Crippen LogP contribution in [0.3, 0.4) is 0 Å². The van der Waals surface area contributed by atoms with Crippen LogP contribution in [0.25, 0.3) is 11.1 Å². The number of esters is 1. The molecule has 0 heterocycles. The number of carbonyl (C=O) groups excluding carboxylic acids is 3. The fourth-order valence-electron chi connectivity index (χ4n) is 4.63. The van der Waals surface area contributed by atoms with Crippen LogP contribution in [0, 0.1) is 5.92 Å². The number of methoxy groups -OCH3 is 1. The Morgan fingerprint density at radius 2 is 1.36 bits per heavy atom. The third-order valence-electron chi connectivity index (χ3n) is 6.40. The van der Waals surface area contributed by atoms with E-state index in [0.29, 0.717) is 0 Å². The molecule has 0 bridgehead atoms. The average Bonchev–Trinajstić information content (AvgIpc) is 3.23. The van der Waals surface area contributed by atoms with Crippen LogP contribution in [0.5, 0.6) is 0 Å². The highest BCUT2D eigenvalue weighted by Crippen LogP contribution is 2.46. The van der Waals surface area contributed by atoms with E-state index in [1.807, 2.05) is 92.7 Å². The highest BCUT2D eigenvalue weighted by Gasteiger charge is 2.40. The zero-order valence-corrected chi connectivity index (χ0v) is 20.6. The number of benzene rings is 3. The summed E-state index contributed by atoms with van der Waals surface area (Å²) < 4.78 is 10.4. The zero-order valence-electron chi connectivity index (χ0n) is 20.6. The normalized spacial score (nSPS) is 13.8. The SMILES string of the molecule is COC(=O)[C@H](NC(=O)[C@@H](NC(=O)OCc1ccccc1)C(C)C)C1c2ccccc2-c2ccccc21. The molecule has 0 aliphatic heterocycles. The van der Waals surface area contributed by atoms with Gasteiger partial charge in [-0.05, 0) is 33.7 Å². The molecule has 2 N–H and O–H groups in total. The Kier molecular flexibility index (Phi) is 7.68. The maximum Gasteiger partial charge on any atom is 0.408 e. The monoisotopic (exact) mass is 486 g/mol. The highest BCUT2D eigenvalue weighted by molar-refractivity contribution is 5.92. The lowest BCUT2D eigenvalue weighted by Crippen LogP contribution is -2.55. The van der Waals surface area contributed by atoms with Crippen LogP contribution < -0.4 is 10.6 Å². The van der Waals surface area contributed by atoms with E-state index in [1.165, 1.54) is 7.11 Å². The first kappa shape index (κ1) is 25.0. The predicted octanol–water partition coefficient (Wildman–Crippen LogP) is 4.41. The second-order valence-corrected chi connectivity index (χ2v) is 9.09. The summed E-state index contributed by atoms with van der Waals surface area (Å²) in [5.74, 6) is -1.73. The summed E-state index contributed by atoms with van der Waals surface area (Å²) in [6, 6.07) is 23.0. The molecule has 0 radical (unpaired) electrons. The summed E-state index contributed by atoms with van der Waals surface area (Å²) in [5.41, 5.74) is 4.74. The predicted molar refractivity (Wildman–Crippen MR) is 136 cm³/mol. The summed E-state index contributed by atoms with van der Waals surface area (Å²) in [5, 5.41) is 5.52. The van der Waals surface area contributed by atoms with E-state index in [-0.39, 0.29) is 12.5 Å². The first-order valence-electron chi connectivity index (χ1n) is 11.9. The van der Waals surface area contributed by atoms with Gasteiger partial charge < -0.3 is 20.1 Å². The lowest BCUT2D eigenvalue weighted by Gasteiger charge is -2.28. The van der Waals surface area contributed by atoms with Crippen LogP contribution in [0.4, 0.5) is 4.79 Å². The number of ether oxygens (including phenoxy) is 2. The van der Waals surface area contributed by atoms with Gasteiger partial charge >= 0.3 is 12.1 Å². The van der Waals surface area contributed by atoms with E-state index in [2.05, 4.69) is 10.6 Å². The van der Waals surface area contributed by atoms with Gasteiger partial charge in [-0.1, -0.05) is 92.7 Å². The van der Waals surface area contributed by atoms with E-state index in [1.54, 1.807) is 0 Å². The van der Waals surface area contributed by atoms with Crippen LogP contribution in [0.15, 0.2) is 78.9 Å². The highest BCUT2D eigenvalue weighted by atomic mass is 16.5. The fraction of sp³-hybridized carbons (Fsp3) is 0.276. The van der Waals surface area contributed by atoms with Crippen molar-refractivity contribution in [1.82, 2.24) is 10.6 Å². The molecule has 1 aliphatic carbocycles. The van der Waals surface area contributed by atoms with Gasteiger partial charge in [0.25, 0.3) is 0 Å². The van der Waals surface area contributed by atoms with Crippen molar-refractivity contribution in [3.63, 3.8) is 0 Å². The first-order valence-corrected chi connectivity index (χ1v) is 11.9. The van der Waals surface area contributed by atoms with Crippen molar-refractivity contribution in [2.24, 2.45) is 5.92 Å². The number of carbonyl (C=O) groups is 3. The van der Waals surface area contributed by atoms with Crippen LogP contribution in [-0.4, -0.2) is 37.2 Å². The molecule has 0 saturated carbocycles. The summed E-state index contributed by atoms with van der Waals surface area (Å²) in [7, 11) is 1.30. The van der Waals surface area contributed by atoms with E-state index in [0.717, 1.165) is 27.8 Å². The molecule has 3 aromatic rings. The van der Waals surface area contributed by atoms with Crippen molar-refractivity contribution in [3.05, 3.63) is 95.6 Å². The summed E-state index contributed by atoms with van der Waals surface area (Å²) in [6.07, 6.45) is -0.709. The van der Waals surface area contributed by atoms with Gasteiger partial charge in [-0.2, -0.15) is 0 Å². The molecule has 2 atom stereocenters. The summed E-state index contributed by atoms with van der Waals surface area (Å²) >= 11 is 0. The van der Waals surface area contributed by atoms with Gasteiger partial charge in [-0.15, -0.1) is 0 Å². The topological polar surface area (TPSA) is 93.7 Å². The Balaban J connectivity index is 1.54. The van der Waals surface area contributed by atoms with Crippen molar-refractivity contribution in [2.45, 2.75) is 38.5 Å². The molecule has 7 heteroatoms. The number of alkyl carbamates (subject to hydrolysis) is 1. The van der Waals surface area contributed by atoms with Crippen LogP contribution in [0.1, 0.15) is 36.5 Å². The molecule has 36 heavy (non-hydrogen) atoms. The average molecular weight is 487 g/mol. The smallest absolute Gasteiger partial charge is 0.408 e. The molecule has 0 saturated heterocycles. The molecular weight excluding hydrogens is 456 g/mol. The Bertz CT molecular complexity index is 1200. The third-order valence-corrected chi connectivity index (χ3v) is 6.40. The molecule has 1 aliphatic rings. The van der Waals surface area contributed by atoms with Crippen molar-refractivity contribution >= 4 is 18.0 Å². The Morgan fingerprint density at radius 3 is 1.92 bits per heavy atom. The van der Waals surface area contributed by atoms with Gasteiger partial charge in [-0.3, -0.25) is 4.79 Å². The minimum atomic E-state index is -0.976. The minimum Gasteiger partial charge on any atom is -0.467 e. The number of hydrogen-bond acceptors (Lipinski definition) is 5. The number of fused-ring (bicyclic) bond motifs is 3. The molecular formula is C29H30N2O5. The number of rotatable bonds is 8. The van der Waals surface area contributed by atoms with Crippen molar-refractivity contribution in [2.75, 3.05) is 7.11 Å². The lowest BCUT2D eigenvalue weighted by molar-refractivity contribution is -0.145. The van der Waals surface area contributed by atoms with Gasteiger partial charge in [0.2, 0.25) is 5.91 Å². The van der Waals surface area contributed by atoms with E-state index in [9.17, 15) is 14.4 Å². The molecule has 4 rings (SSSR count). The summed E-state index contributed by atoms with van der Waals surface area (Å²) in [4.78, 5) is 38.9. The van der Waals surface area contributed by atoms with E-state index in [4.69, 9.17) is 9.47 Å².